The third-order valence-corrected chi connectivity index (χ3v) is 7.97. The molecule has 5 rings (SSSR count). The minimum Gasteiger partial charge on any atom is -0.497 e. The molecule has 0 unspecified atom stereocenters. The van der Waals surface area contributed by atoms with Crippen molar-refractivity contribution in [2.45, 2.75) is 77.1 Å². The second kappa shape index (κ2) is 12.7. The number of aromatic nitrogens is 3. The summed E-state index contributed by atoms with van der Waals surface area (Å²) in [5.74, 6) is -0.850. The third-order valence-electron chi connectivity index (χ3n) is 7.97. The number of halogens is 3. The number of nitrogens with one attached hydrogen (secondary N) is 1. The first-order chi connectivity index (χ1) is 21.0. The molecule has 2 amide bonds. The number of anilines is 1. The van der Waals surface area contributed by atoms with Gasteiger partial charge >= 0.3 is 6.18 Å². The Morgan fingerprint density at radius 1 is 1.00 bits per heavy atom. The van der Waals surface area contributed by atoms with E-state index in [1.54, 1.807) is 50.2 Å². The zero-order valence-electron chi connectivity index (χ0n) is 25.2. The molecule has 0 bridgehead atoms. The normalized spacial score (nSPS) is 14.9. The van der Waals surface area contributed by atoms with Crippen molar-refractivity contribution in [2.24, 2.45) is 0 Å². The second-order valence-electron chi connectivity index (χ2n) is 11.5. The summed E-state index contributed by atoms with van der Waals surface area (Å²) < 4.78 is 48.3. The van der Waals surface area contributed by atoms with Crippen molar-refractivity contribution < 1.29 is 27.5 Å². The fraction of sp³-hybridized carbons (Fsp3) is 0.394. The number of aryl methyl sites for hydroxylation is 1. The maximum Gasteiger partial charge on any atom is 0.433 e. The van der Waals surface area contributed by atoms with Gasteiger partial charge in [0.15, 0.2) is 11.3 Å². The highest BCUT2D eigenvalue weighted by atomic mass is 19.4. The van der Waals surface area contributed by atoms with Crippen LogP contribution in [0.1, 0.15) is 90.9 Å². The predicted octanol–water partition coefficient (Wildman–Crippen LogP) is 7.03. The van der Waals surface area contributed by atoms with Crippen molar-refractivity contribution in [3.05, 3.63) is 88.9 Å². The summed E-state index contributed by atoms with van der Waals surface area (Å²) in [6, 6.07) is 14.9. The topological polar surface area (TPSA) is 88.8 Å². The van der Waals surface area contributed by atoms with E-state index in [1.807, 2.05) is 19.1 Å². The molecule has 0 saturated heterocycles. The lowest BCUT2D eigenvalue weighted by Crippen LogP contribution is -2.47. The molecular weight excluding hydrogens is 571 g/mol. The van der Waals surface area contributed by atoms with Crippen molar-refractivity contribution in [3.63, 3.8) is 0 Å². The molecule has 8 nitrogen and oxygen atoms in total. The van der Waals surface area contributed by atoms with Crippen LogP contribution in [-0.2, 0) is 11.0 Å². The van der Waals surface area contributed by atoms with E-state index in [0.29, 0.717) is 21.5 Å². The summed E-state index contributed by atoms with van der Waals surface area (Å²) in [6.45, 7) is 5.38. The van der Waals surface area contributed by atoms with Gasteiger partial charge in [0.1, 0.15) is 17.5 Å². The van der Waals surface area contributed by atoms with E-state index >= 15 is 0 Å². The number of amides is 2. The van der Waals surface area contributed by atoms with Gasteiger partial charge in [-0.15, -0.1) is 0 Å². The predicted molar refractivity (Wildman–Crippen MR) is 161 cm³/mol. The highest BCUT2D eigenvalue weighted by molar-refractivity contribution is 6.09. The van der Waals surface area contributed by atoms with Gasteiger partial charge in [-0.1, -0.05) is 62.9 Å². The number of hydrogen-bond acceptors (Lipinski definition) is 5. The lowest BCUT2D eigenvalue weighted by atomic mass is 9.94. The highest BCUT2D eigenvalue weighted by Crippen LogP contribution is 2.34. The Bertz CT molecular complexity index is 1630. The van der Waals surface area contributed by atoms with Crippen LogP contribution in [0.5, 0.6) is 5.75 Å². The lowest BCUT2D eigenvalue weighted by molar-refractivity contribution is -0.142. The van der Waals surface area contributed by atoms with Crippen molar-refractivity contribution >= 4 is 23.1 Å². The standard InChI is InChI=1S/C33H36F3N5O3/c1-20(2)26-18-28(33(34,35)36)41-29(38-26)19-27(39-41)32(43)40(24-14-10-21(3)11-15-24)30(22-12-16-25(44-4)17-13-22)31(42)37-23-8-6-5-7-9-23/h10-20,23,30H,5-9H2,1-4H3,(H,37,42)/t30-/m0/s1. The van der Waals surface area contributed by atoms with Crippen LogP contribution >= 0.6 is 0 Å². The van der Waals surface area contributed by atoms with Crippen molar-refractivity contribution in [3.8, 4) is 5.75 Å². The summed E-state index contributed by atoms with van der Waals surface area (Å²) in [5, 5.41) is 7.25. The number of nitrogens with zero attached hydrogens (tertiary/aromatic N) is 4. The molecular formula is C33H36F3N5O3. The van der Waals surface area contributed by atoms with Gasteiger partial charge in [0.25, 0.3) is 5.91 Å². The van der Waals surface area contributed by atoms with E-state index in [2.05, 4.69) is 15.4 Å². The quantitative estimate of drug-likeness (QED) is 0.233. The molecule has 2 aromatic carbocycles. The van der Waals surface area contributed by atoms with Crippen molar-refractivity contribution in [1.29, 1.82) is 0 Å². The number of fused-ring (bicyclic) bond motifs is 1. The minimum atomic E-state index is -4.74. The first-order valence-electron chi connectivity index (χ1n) is 14.8. The fourth-order valence-corrected chi connectivity index (χ4v) is 5.54. The van der Waals surface area contributed by atoms with Crippen LogP contribution in [0.15, 0.2) is 60.7 Å². The Hall–Kier alpha value is -4.41. The zero-order chi connectivity index (χ0) is 31.6. The molecule has 0 aliphatic heterocycles. The molecule has 1 aliphatic rings. The zero-order valence-corrected chi connectivity index (χ0v) is 25.2. The van der Waals surface area contributed by atoms with Crippen LogP contribution in [0.25, 0.3) is 5.65 Å². The number of benzene rings is 2. The van der Waals surface area contributed by atoms with E-state index in [0.717, 1.165) is 43.7 Å². The van der Waals surface area contributed by atoms with Gasteiger partial charge < -0.3 is 10.1 Å². The maximum absolute atomic E-state index is 14.5. The van der Waals surface area contributed by atoms with E-state index in [1.165, 1.54) is 18.1 Å². The van der Waals surface area contributed by atoms with Gasteiger partial charge in [-0.25, -0.2) is 9.50 Å². The molecule has 1 atom stereocenters. The molecule has 2 aromatic heterocycles. The first kappa shape index (κ1) is 31.0. The van der Waals surface area contributed by atoms with E-state index < -0.39 is 29.7 Å². The van der Waals surface area contributed by atoms with E-state index in [4.69, 9.17) is 4.74 Å². The Morgan fingerprint density at radius 3 is 2.25 bits per heavy atom. The molecule has 11 heteroatoms. The highest BCUT2D eigenvalue weighted by Gasteiger charge is 2.38. The van der Waals surface area contributed by atoms with Crippen LogP contribution in [0.2, 0.25) is 0 Å². The van der Waals surface area contributed by atoms with Crippen LogP contribution in [-0.4, -0.2) is 39.6 Å². The number of rotatable bonds is 8. The summed E-state index contributed by atoms with van der Waals surface area (Å²) in [6.07, 6.45) is 0.00781. The number of alkyl halides is 3. The summed E-state index contributed by atoms with van der Waals surface area (Å²) in [4.78, 5) is 34.3. The average Bonchev–Trinajstić information content (AvgIpc) is 3.44. The Morgan fingerprint density at radius 2 is 1.66 bits per heavy atom. The molecule has 1 N–H and O–H groups in total. The van der Waals surface area contributed by atoms with E-state index in [-0.39, 0.29) is 29.0 Å². The first-order valence-corrected chi connectivity index (χ1v) is 14.8. The van der Waals surface area contributed by atoms with E-state index in [9.17, 15) is 22.8 Å². The van der Waals surface area contributed by atoms with Crippen molar-refractivity contribution in [1.82, 2.24) is 19.9 Å². The average molecular weight is 608 g/mol. The molecule has 1 fully saturated rings. The van der Waals surface area contributed by atoms with Crippen molar-refractivity contribution in [2.75, 3.05) is 12.0 Å². The fourth-order valence-electron chi connectivity index (χ4n) is 5.54. The van der Waals surface area contributed by atoms with Crippen LogP contribution in [0, 0.1) is 6.92 Å². The molecule has 1 aliphatic carbocycles. The molecule has 4 aromatic rings. The largest absolute Gasteiger partial charge is 0.497 e. The Balaban J connectivity index is 1.66. The number of carbonyl (C=O) groups is 2. The van der Waals surface area contributed by atoms with Gasteiger partial charge in [-0.05, 0) is 61.6 Å². The lowest BCUT2D eigenvalue weighted by Gasteiger charge is -2.33. The number of carbonyl (C=O) groups excluding carboxylic acids is 2. The van der Waals surface area contributed by atoms with Gasteiger partial charge in [-0.3, -0.25) is 14.5 Å². The summed E-state index contributed by atoms with van der Waals surface area (Å²) >= 11 is 0. The van der Waals surface area contributed by atoms with Gasteiger partial charge in [0.05, 0.1) is 7.11 Å². The Kier molecular flexibility index (Phi) is 8.94. The molecule has 44 heavy (non-hydrogen) atoms. The summed E-state index contributed by atoms with van der Waals surface area (Å²) in [7, 11) is 1.53. The van der Waals surface area contributed by atoms with Gasteiger partial charge in [0.2, 0.25) is 5.91 Å². The molecule has 232 valence electrons. The molecule has 2 heterocycles. The molecule has 0 spiro atoms. The SMILES string of the molecule is COc1ccc([C@@H](C(=O)NC2CCCCC2)N(C(=O)c2cc3nc(C(C)C)cc(C(F)(F)F)n3n2)c2ccc(C)cc2)cc1. The van der Waals surface area contributed by atoms with Crippen LogP contribution in [0.3, 0.4) is 0 Å². The number of hydrogen-bond donors (Lipinski definition) is 1. The van der Waals surface area contributed by atoms with Gasteiger partial charge in [0, 0.05) is 23.5 Å². The smallest absolute Gasteiger partial charge is 0.433 e. The summed E-state index contributed by atoms with van der Waals surface area (Å²) in [5.41, 5.74) is 0.645. The Labute approximate surface area is 254 Å². The third kappa shape index (κ3) is 6.56. The molecule has 0 radical (unpaired) electrons. The van der Waals surface area contributed by atoms with Gasteiger partial charge in [-0.2, -0.15) is 18.3 Å². The van der Waals surface area contributed by atoms with Crippen LogP contribution in [0.4, 0.5) is 18.9 Å². The maximum atomic E-state index is 14.5. The monoisotopic (exact) mass is 607 g/mol. The number of methoxy groups -OCH3 is 1. The molecule has 1 saturated carbocycles. The number of ether oxygens (including phenoxy) is 1. The second-order valence-corrected chi connectivity index (χ2v) is 11.5. The van der Waals surface area contributed by atoms with Crippen LogP contribution < -0.4 is 15.0 Å². The minimum absolute atomic E-state index is 0.0461.